The van der Waals surface area contributed by atoms with Gasteiger partial charge >= 0.3 is 0 Å². The van der Waals surface area contributed by atoms with Gasteiger partial charge in [0.25, 0.3) is 5.91 Å². The Balaban J connectivity index is 1.46. The standard InChI is InChI=1S/C29H32N2O2/c1-21(22-11-5-3-6-12-22)30-28(32)27-16-10-9-15-26(27)23-17-19-24(20-18-23)29(33)31(2)25-13-7-4-8-14-25/h3-8,11-14,17-21,26-27H,9-10,15-16H2,1-2H3,(H,30,32)/t21-,26+,27-/m0/s1. The highest BCUT2D eigenvalue weighted by molar-refractivity contribution is 6.05. The van der Waals surface area contributed by atoms with Gasteiger partial charge in [-0.2, -0.15) is 0 Å². The van der Waals surface area contributed by atoms with Gasteiger partial charge in [-0.05, 0) is 61.1 Å². The van der Waals surface area contributed by atoms with Crippen molar-refractivity contribution in [2.45, 2.75) is 44.6 Å². The highest BCUT2D eigenvalue weighted by atomic mass is 16.2. The van der Waals surface area contributed by atoms with Crippen molar-refractivity contribution in [3.05, 3.63) is 102 Å². The van der Waals surface area contributed by atoms with E-state index in [1.165, 1.54) is 0 Å². The zero-order valence-corrected chi connectivity index (χ0v) is 19.4. The Morgan fingerprint density at radius 3 is 2.12 bits per heavy atom. The number of nitrogens with one attached hydrogen (secondary N) is 1. The van der Waals surface area contributed by atoms with Gasteiger partial charge in [-0.15, -0.1) is 0 Å². The Labute approximate surface area is 196 Å². The molecule has 0 heterocycles. The summed E-state index contributed by atoms with van der Waals surface area (Å²) in [5.41, 5.74) is 3.77. The van der Waals surface area contributed by atoms with Crippen molar-refractivity contribution < 1.29 is 9.59 Å². The minimum absolute atomic E-state index is 0.0187. The van der Waals surface area contributed by atoms with E-state index in [0.29, 0.717) is 5.56 Å². The van der Waals surface area contributed by atoms with E-state index >= 15 is 0 Å². The zero-order chi connectivity index (χ0) is 23.2. The van der Waals surface area contributed by atoms with Gasteiger partial charge < -0.3 is 10.2 Å². The molecule has 3 aromatic rings. The lowest BCUT2D eigenvalue weighted by Crippen LogP contribution is -2.37. The monoisotopic (exact) mass is 440 g/mol. The molecule has 33 heavy (non-hydrogen) atoms. The molecular weight excluding hydrogens is 408 g/mol. The van der Waals surface area contributed by atoms with Crippen LogP contribution in [0.4, 0.5) is 5.69 Å². The molecule has 1 aliphatic rings. The summed E-state index contributed by atoms with van der Waals surface area (Å²) in [6, 6.07) is 27.6. The molecule has 4 nitrogen and oxygen atoms in total. The van der Waals surface area contributed by atoms with Gasteiger partial charge in [0.15, 0.2) is 0 Å². The first-order valence-corrected chi connectivity index (χ1v) is 11.8. The molecule has 1 fully saturated rings. The van der Waals surface area contributed by atoms with Gasteiger partial charge in [0.05, 0.1) is 6.04 Å². The summed E-state index contributed by atoms with van der Waals surface area (Å²) in [5, 5.41) is 3.23. The summed E-state index contributed by atoms with van der Waals surface area (Å²) in [4.78, 5) is 27.8. The van der Waals surface area contributed by atoms with Crippen LogP contribution < -0.4 is 10.2 Å². The number of amides is 2. The summed E-state index contributed by atoms with van der Waals surface area (Å²) >= 11 is 0. The Bertz CT molecular complexity index is 1060. The second-order valence-corrected chi connectivity index (χ2v) is 8.96. The predicted octanol–water partition coefficient (Wildman–Crippen LogP) is 6.11. The molecule has 1 aliphatic carbocycles. The summed E-state index contributed by atoms with van der Waals surface area (Å²) in [6.07, 6.45) is 4.09. The van der Waals surface area contributed by atoms with E-state index in [1.54, 1.807) is 11.9 Å². The van der Waals surface area contributed by atoms with Crippen LogP contribution in [0.25, 0.3) is 0 Å². The molecule has 4 rings (SSSR count). The lowest BCUT2D eigenvalue weighted by molar-refractivity contribution is -0.127. The quantitative estimate of drug-likeness (QED) is 0.502. The van der Waals surface area contributed by atoms with E-state index < -0.39 is 0 Å². The molecule has 170 valence electrons. The third-order valence-electron chi connectivity index (χ3n) is 6.79. The van der Waals surface area contributed by atoms with Crippen LogP contribution >= 0.6 is 0 Å². The van der Waals surface area contributed by atoms with E-state index in [-0.39, 0.29) is 29.7 Å². The number of rotatable bonds is 6. The van der Waals surface area contributed by atoms with Gasteiger partial charge in [0, 0.05) is 24.2 Å². The number of nitrogens with zero attached hydrogens (tertiary/aromatic N) is 1. The fourth-order valence-corrected chi connectivity index (χ4v) is 4.82. The molecule has 0 aliphatic heterocycles. The van der Waals surface area contributed by atoms with Gasteiger partial charge in [0.1, 0.15) is 0 Å². The molecule has 1 saturated carbocycles. The molecule has 0 spiro atoms. The molecule has 0 bridgehead atoms. The molecule has 2 amide bonds. The molecule has 0 aromatic heterocycles. The molecule has 0 saturated heterocycles. The van der Waals surface area contributed by atoms with Crippen LogP contribution in [-0.4, -0.2) is 18.9 Å². The van der Waals surface area contributed by atoms with Crippen LogP contribution in [0.3, 0.4) is 0 Å². The third kappa shape index (κ3) is 5.33. The number of carbonyl (C=O) groups is 2. The summed E-state index contributed by atoms with van der Waals surface area (Å²) in [6.45, 7) is 2.04. The molecule has 3 atom stereocenters. The van der Waals surface area contributed by atoms with Gasteiger partial charge in [-0.3, -0.25) is 9.59 Å². The summed E-state index contributed by atoms with van der Waals surface area (Å²) in [5.74, 6) is 0.221. The van der Waals surface area contributed by atoms with E-state index in [1.807, 2.05) is 91.9 Å². The van der Waals surface area contributed by atoms with Crippen LogP contribution in [0.1, 0.15) is 66.1 Å². The largest absolute Gasteiger partial charge is 0.349 e. The SMILES string of the molecule is C[C@H](NC(=O)[C@H]1CCCC[C@@H]1c1ccc(C(=O)N(C)c2ccccc2)cc1)c1ccccc1. The van der Waals surface area contributed by atoms with Gasteiger partial charge in [-0.25, -0.2) is 0 Å². The van der Waals surface area contributed by atoms with E-state index in [0.717, 1.165) is 42.5 Å². The van der Waals surface area contributed by atoms with Crippen molar-refractivity contribution in [1.82, 2.24) is 5.32 Å². The van der Waals surface area contributed by atoms with E-state index in [4.69, 9.17) is 0 Å². The lowest BCUT2D eigenvalue weighted by Gasteiger charge is -2.32. The number of hydrogen-bond acceptors (Lipinski definition) is 2. The highest BCUT2D eigenvalue weighted by Crippen LogP contribution is 2.38. The molecule has 0 radical (unpaired) electrons. The van der Waals surface area contributed by atoms with Gasteiger partial charge in [-0.1, -0.05) is 73.5 Å². The topological polar surface area (TPSA) is 49.4 Å². The van der Waals surface area contributed by atoms with Crippen LogP contribution in [0.5, 0.6) is 0 Å². The van der Waals surface area contributed by atoms with Crippen molar-refractivity contribution in [2.24, 2.45) is 5.92 Å². The van der Waals surface area contributed by atoms with Crippen LogP contribution in [0.15, 0.2) is 84.9 Å². The van der Waals surface area contributed by atoms with Crippen LogP contribution in [0.2, 0.25) is 0 Å². The molecule has 4 heteroatoms. The fourth-order valence-electron chi connectivity index (χ4n) is 4.82. The van der Waals surface area contributed by atoms with Crippen molar-refractivity contribution in [2.75, 3.05) is 11.9 Å². The first-order chi connectivity index (χ1) is 16.0. The van der Waals surface area contributed by atoms with Crippen molar-refractivity contribution in [1.29, 1.82) is 0 Å². The molecule has 0 unspecified atom stereocenters. The summed E-state index contributed by atoms with van der Waals surface area (Å²) in [7, 11) is 1.79. The van der Waals surface area contributed by atoms with Gasteiger partial charge in [0.2, 0.25) is 5.91 Å². The number of anilines is 1. The summed E-state index contributed by atoms with van der Waals surface area (Å²) < 4.78 is 0. The van der Waals surface area contributed by atoms with Crippen molar-refractivity contribution in [3.8, 4) is 0 Å². The van der Waals surface area contributed by atoms with Crippen molar-refractivity contribution >= 4 is 17.5 Å². The number of benzene rings is 3. The van der Waals surface area contributed by atoms with Crippen molar-refractivity contribution in [3.63, 3.8) is 0 Å². The first-order valence-electron chi connectivity index (χ1n) is 11.8. The Morgan fingerprint density at radius 1 is 0.848 bits per heavy atom. The van der Waals surface area contributed by atoms with Crippen LogP contribution in [0, 0.1) is 5.92 Å². The molecule has 1 N–H and O–H groups in total. The zero-order valence-electron chi connectivity index (χ0n) is 19.4. The number of para-hydroxylation sites is 1. The minimum Gasteiger partial charge on any atom is -0.349 e. The second kappa shape index (κ2) is 10.5. The minimum atomic E-state index is -0.0431. The Hall–Kier alpha value is -3.40. The smallest absolute Gasteiger partial charge is 0.258 e. The predicted molar refractivity (Wildman–Crippen MR) is 133 cm³/mol. The van der Waals surface area contributed by atoms with E-state index in [9.17, 15) is 9.59 Å². The highest BCUT2D eigenvalue weighted by Gasteiger charge is 2.32. The average molecular weight is 441 g/mol. The van der Waals surface area contributed by atoms with E-state index in [2.05, 4.69) is 5.32 Å². The third-order valence-corrected chi connectivity index (χ3v) is 6.79. The molecule has 3 aromatic carbocycles. The number of hydrogen-bond donors (Lipinski definition) is 1. The Kier molecular flexibility index (Phi) is 7.23. The maximum atomic E-state index is 13.2. The maximum absolute atomic E-state index is 13.2. The maximum Gasteiger partial charge on any atom is 0.258 e. The van der Waals surface area contributed by atoms with Crippen LogP contribution in [-0.2, 0) is 4.79 Å². The Morgan fingerprint density at radius 2 is 1.45 bits per heavy atom. The fraction of sp³-hybridized carbons (Fsp3) is 0.310. The molecular formula is C29H32N2O2. The number of carbonyl (C=O) groups excluding carboxylic acids is 2. The second-order valence-electron chi connectivity index (χ2n) is 8.96. The first kappa shape index (κ1) is 22.8. The normalized spacial score (nSPS) is 18.8. The lowest BCUT2D eigenvalue weighted by atomic mass is 9.74. The average Bonchev–Trinajstić information content (AvgIpc) is 2.89.